The highest BCUT2D eigenvalue weighted by molar-refractivity contribution is 5.65. The molecular formula is C11H14O4. The summed E-state index contributed by atoms with van der Waals surface area (Å²) in [6.45, 7) is 1.37. The molecule has 0 aliphatic heterocycles. The van der Waals surface area contributed by atoms with E-state index in [2.05, 4.69) is 0 Å². The van der Waals surface area contributed by atoms with E-state index in [9.17, 15) is 4.79 Å². The molecule has 0 saturated heterocycles. The molecule has 2 N–H and O–H groups in total. The van der Waals surface area contributed by atoms with Gasteiger partial charge in [-0.2, -0.15) is 0 Å². The number of rotatable bonds is 4. The molecule has 1 unspecified atom stereocenters. The van der Waals surface area contributed by atoms with E-state index in [4.69, 9.17) is 14.9 Å². The number of hydrogen-bond donors (Lipinski definition) is 2. The summed E-state index contributed by atoms with van der Waals surface area (Å²) >= 11 is 0. The van der Waals surface area contributed by atoms with Crippen molar-refractivity contribution in [1.82, 2.24) is 0 Å². The molecule has 1 rings (SSSR count). The Morgan fingerprint density at radius 2 is 2.00 bits per heavy atom. The molecule has 0 aliphatic carbocycles. The van der Waals surface area contributed by atoms with Crippen LogP contribution in [0.1, 0.15) is 18.4 Å². The third kappa shape index (κ3) is 3.59. The molecule has 0 fully saturated rings. The Bertz CT molecular complexity index is 318. The topological polar surface area (TPSA) is 66.8 Å². The molecular weight excluding hydrogens is 196 g/mol. The monoisotopic (exact) mass is 210 g/mol. The molecule has 82 valence electrons. The Balaban J connectivity index is 2.65. The van der Waals surface area contributed by atoms with Crippen LogP contribution in [-0.4, -0.2) is 29.4 Å². The number of esters is 1. The fourth-order valence-electron chi connectivity index (χ4n) is 1.22. The van der Waals surface area contributed by atoms with Crippen molar-refractivity contribution in [2.45, 2.75) is 12.8 Å². The van der Waals surface area contributed by atoms with Gasteiger partial charge in [0, 0.05) is 12.8 Å². The number of carbonyl (C=O) groups is 1. The quantitative estimate of drug-likeness (QED) is 0.728. The van der Waals surface area contributed by atoms with Crippen LogP contribution in [0.5, 0.6) is 5.75 Å². The molecule has 4 nitrogen and oxygen atoms in total. The first kappa shape index (κ1) is 11.5. The Kier molecular flexibility index (Phi) is 4.12. The van der Waals surface area contributed by atoms with Gasteiger partial charge in [-0.3, -0.25) is 4.79 Å². The molecule has 15 heavy (non-hydrogen) atoms. The number of phenols is 1. The summed E-state index contributed by atoms with van der Waals surface area (Å²) in [5.74, 6) is -0.440. The minimum atomic E-state index is -0.368. The van der Waals surface area contributed by atoms with Gasteiger partial charge in [0.15, 0.2) is 0 Å². The van der Waals surface area contributed by atoms with Crippen molar-refractivity contribution in [1.29, 1.82) is 0 Å². The van der Waals surface area contributed by atoms with Gasteiger partial charge in [-0.25, -0.2) is 0 Å². The third-order valence-corrected chi connectivity index (χ3v) is 2.07. The molecule has 0 spiro atoms. The van der Waals surface area contributed by atoms with Crippen molar-refractivity contribution < 1.29 is 19.7 Å². The number of carbonyl (C=O) groups excluding carboxylic acids is 1. The first-order chi connectivity index (χ1) is 7.13. The number of hydrogen-bond acceptors (Lipinski definition) is 4. The average Bonchev–Trinajstić information content (AvgIpc) is 2.21. The highest BCUT2D eigenvalue weighted by Crippen LogP contribution is 2.18. The summed E-state index contributed by atoms with van der Waals surface area (Å²) in [5, 5.41) is 18.2. The van der Waals surface area contributed by atoms with Gasteiger partial charge < -0.3 is 14.9 Å². The number of benzene rings is 1. The lowest BCUT2D eigenvalue weighted by molar-refractivity contribution is -0.141. The van der Waals surface area contributed by atoms with Gasteiger partial charge in [0.05, 0.1) is 6.61 Å². The van der Waals surface area contributed by atoms with Crippen LogP contribution < -0.4 is 0 Å². The predicted molar refractivity (Wildman–Crippen MR) is 54.6 cm³/mol. The SMILES string of the molecule is CC(=O)OCC(CO)c1ccc(O)cc1. The number of ether oxygens (including phenoxy) is 1. The lowest BCUT2D eigenvalue weighted by Crippen LogP contribution is -2.14. The molecule has 0 aliphatic rings. The fraction of sp³-hybridized carbons (Fsp3) is 0.364. The first-order valence-corrected chi connectivity index (χ1v) is 4.66. The van der Waals surface area contributed by atoms with Gasteiger partial charge in [-0.05, 0) is 17.7 Å². The Hall–Kier alpha value is -1.55. The van der Waals surface area contributed by atoms with Crippen molar-refractivity contribution in [2.75, 3.05) is 13.2 Å². The molecule has 1 aromatic rings. The summed E-state index contributed by atoms with van der Waals surface area (Å²) in [6, 6.07) is 6.46. The fourth-order valence-corrected chi connectivity index (χ4v) is 1.22. The second-order valence-electron chi connectivity index (χ2n) is 3.27. The second-order valence-corrected chi connectivity index (χ2v) is 3.27. The molecule has 1 aromatic carbocycles. The van der Waals surface area contributed by atoms with Crippen molar-refractivity contribution in [3.8, 4) is 5.75 Å². The lowest BCUT2D eigenvalue weighted by atomic mass is 10.0. The zero-order chi connectivity index (χ0) is 11.3. The van der Waals surface area contributed by atoms with Gasteiger partial charge >= 0.3 is 5.97 Å². The van der Waals surface area contributed by atoms with Gasteiger partial charge in [0.2, 0.25) is 0 Å². The molecule has 0 radical (unpaired) electrons. The van der Waals surface area contributed by atoms with E-state index in [1.807, 2.05) is 0 Å². The molecule has 0 amide bonds. The van der Waals surface area contributed by atoms with Gasteiger partial charge in [0.1, 0.15) is 12.4 Å². The maximum absolute atomic E-state index is 10.6. The van der Waals surface area contributed by atoms with Crippen molar-refractivity contribution in [3.63, 3.8) is 0 Å². The molecule has 0 heterocycles. The molecule has 1 atom stereocenters. The normalized spacial score (nSPS) is 12.1. The lowest BCUT2D eigenvalue weighted by Gasteiger charge is -2.14. The number of aliphatic hydroxyl groups excluding tert-OH is 1. The van der Waals surface area contributed by atoms with E-state index in [1.54, 1.807) is 12.1 Å². The largest absolute Gasteiger partial charge is 0.508 e. The second kappa shape index (κ2) is 5.36. The minimum Gasteiger partial charge on any atom is -0.508 e. The zero-order valence-electron chi connectivity index (χ0n) is 8.51. The molecule has 0 saturated carbocycles. The number of aromatic hydroxyl groups is 1. The first-order valence-electron chi connectivity index (χ1n) is 4.66. The zero-order valence-corrected chi connectivity index (χ0v) is 8.51. The van der Waals surface area contributed by atoms with Crippen LogP contribution in [0.3, 0.4) is 0 Å². The van der Waals surface area contributed by atoms with E-state index in [-0.39, 0.29) is 30.9 Å². The highest BCUT2D eigenvalue weighted by atomic mass is 16.5. The van der Waals surface area contributed by atoms with Gasteiger partial charge in [-0.15, -0.1) is 0 Å². The minimum absolute atomic E-state index is 0.0992. The van der Waals surface area contributed by atoms with E-state index >= 15 is 0 Å². The van der Waals surface area contributed by atoms with E-state index in [0.29, 0.717) is 0 Å². The van der Waals surface area contributed by atoms with E-state index in [1.165, 1.54) is 19.1 Å². The van der Waals surface area contributed by atoms with E-state index in [0.717, 1.165) is 5.56 Å². The number of phenolic OH excluding ortho intramolecular Hbond substituents is 1. The number of aliphatic hydroxyl groups is 1. The van der Waals surface area contributed by atoms with Gasteiger partial charge in [-0.1, -0.05) is 12.1 Å². The van der Waals surface area contributed by atoms with E-state index < -0.39 is 0 Å². The Morgan fingerprint density at radius 3 is 2.47 bits per heavy atom. The maximum Gasteiger partial charge on any atom is 0.302 e. The molecule has 4 heteroatoms. The molecule has 0 bridgehead atoms. The highest BCUT2D eigenvalue weighted by Gasteiger charge is 2.11. The third-order valence-electron chi connectivity index (χ3n) is 2.07. The Morgan fingerprint density at radius 1 is 1.40 bits per heavy atom. The predicted octanol–water partition coefficient (Wildman–Crippen LogP) is 1.03. The summed E-state index contributed by atoms with van der Waals surface area (Å²) < 4.78 is 4.82. The van der Waals surface area contributed by atoms with Crippen LogP contribution in [-0.2, 0) is 9.53 Å². The molecule has 0 aromatic heterocycles. The van der Waals surface area contributed by atoms with Crippen molar-refractivity contribution >= 4 is 5.97 Å². The summed E-state index contributed by atoms with van der Waals surface area (Å²) in [4.78, 5) is 10.6. The van der Waals surface area contributed by atoms with Gasteiger partial charge in [0.25, 0.3) is 0 Å². The summed E-state index contributed by atoms with van der Waals surface area (Å²) in [6.07, 6.45) is 0. The summed E-state index contributed by atoms with van der Waals surface area (Å²) in [7, 11) is 0. The van der Waals surface area contributed by atoms with Crippen LogP contribution >= 0.6 is 0 Å². The van der Waals surface area contributed by atoms with Crippen LogP contribution in [0.25, 0.3) is 0 Å². The smallest absolute Gasteiger partial charge is 0.302 e. The van der Waals surface area contributed by atoms with Crippen molar-refractivity contribution in [3.05, 3.63) is 29.8 Å². The van der Waals surface area contributed by atoms with Crippen LogP contribution in [0.2, 0.25) is 0 Å². The standard InChI is InChI=1S/C11H14O4/c1-8(13)15-7-10(6-12)9-2-4-11(14)5-3-9/h2-5,10,12,14H,6-7H2,1H3. The van der Waals surface area contributed by atoms with Crippen LogP contribution in [0.15, 0.2) is 24.3 Å². The van der Waals surface area contributed by atoms with Crippen LogP contribution in [0, 0.1) is 0 Å². The maximum atomic E-state index is 10.6. The summed E-state index contributed by atoms with van der Waals surface area (Å²) in [5.41, 5.74) is 0.830. The average molecular weight is 210 g/mol. The van der Waals surface area contributed by atoms with Crippen molar-refractivity contribution in [2.24, 2.45) is 0 Å². The van der Waals surface area contributed by atoms with Crippen LogP contribution in [0.4, 0.5) is 0 Å². The Labute approximate surface area is 88.1 Å².